The molecule has 19 heavy (non-hydrogen) atoms. The fourth-order valence-electron chi connectivity index (χ4n) is 2.91. The van der Waals surface area contributed by atoms with Crippen molar-refractivity contribution in [2.45, 2.75) is 56.6 Å². The summed E-state index contributed by atoms with van der Waals surface area (Å²) < 4.78 is 5.40. The fraction of sp³-hybridized carbons (Fsp3) is 0.714. The van der Waals surface area contributed by atoms with Crippen molar-refractivity contribution in [3.63, 3.8) is 0 Å². The summed E-state index contributed by atoms with van der Waals surface area (Å²) in [5, 5.41) is 10.1. The lowest BCUT2D eigenvalue weighted by Crippen LogP contribution is -2.40. The van der Waals surface area contributed by atoms with Gasteiger partial charge in [0, 0.05) is 19.1 Å². The van der Waals surface area contributed by atoms with Crippen molar-refractivity contribution in [1.82, 2.24) is 15.5 Å². The molecule has 104 valence electrons. The topological polar surface area (TPSA) is 67.0 Å². The van der Waals surface area contributed by atoms with Crippen molar-refractivity contribution in [3.05, 3.63) is 17.5 Å². The van der Waals surface area contributed by atoms with Crippen LogP contribution in [0.1, 0.15) is 60.5 Å². The molecule has 2 aliphatic rings. The van der Waals surface area contributed by atoms with Gasteiger partial charge < -0.3 is 10.1 Å². The SMILES string of the molecule is CO[C@@H]1CCC[C@H](NC(=O)c2cn[nH]c2C2CC2)C1. The van der Waals surface area contributed by atoms with E-state index in [0.29, 0.717) is 5.92 Å². The summed E-state index contributed by atoms with van der Waals surface area (Å²) in [5.74, 6) is 0.527. The average Bonchev–Trinajstić information content (AvgIpc) is 3.16. The molecule has 5 heteroatoms. The van der Waals surface area contributed by atoms with Crippen LogP contribution >= 0.6 is 0 Å². The Hall–Kier alpha value is -1.36. The number of methoxy groups -OCH3 is 1. The molecule has 0 unspecified atom stereocenters. The molecule has 0 aromatic carbocycles. The minimum absolute atomic E-state index is 0.0115. The van der Waals surface area contributed by atoms with E-state index in [9.17, 15) is 4.79 Å². The van der Waals surface area contributed by atoms with E-state index in [0.717, 1.165) is 49.8 Å². The monoisotopic (exact) mass is 263 g/mol. The molecule has 3 rings (SSSR count). The molecular weight excluding hydrogens is 242 g/mol. The van der Waals surface area contributed by atoms with Crippen LogP contribution in [-0.2, 0) is 4.74 Å². The number of hydrogen-bond donors (Lipinski definition) is 2. The number of carbonyl (C=O) groups is 1. The van der Waals surface area contributed by atoms with Gasteiger partial charge in [0.05, 0.1) is 23.6 Å². The highest BCUT2D eigenvalue weighted by molar-refractivity contribution is 5.95. The van der Waals surface area contributed by atoms with E-state index in [4.69, 9.17) is 4.74 Å². The summed E-state index contributed by atoms with van der Waals surface area (Å²) in [6.45, 7) is 0. The van der Waals surface area contributed by atoms with Gasteiger partial charge >= 0.3 is 0 Å². The number of aromatic nitrogens is 2. The largest absolute Gasteiger partial charge is 0.381 e. The second-order valence-corrected chi connectivity index (χ2v) is 5.67. The van der Waals surface area contributed by atoms with E-state index in [-0.39, 0.29) is 18.1 Å². The van der Waals surface area contributed by atoms with Crippen LogP contribution < -0.4 is 5.32 Å². The van der Waals surface area contributed by atoms with Crippen molar-refractivity contribution in [1.29, 1.82) is 0 Å². The number of amides is 1. The van der Waals surface area contributed by atoms with Crippen LogP contribution in [-0.4, -0.2) is 35.4 Å². The van der Waals surface area contributed by atoms with Crippen molar-refractivity contribution >= 4 is 5.91 Å². The van der Waals surface area contributed by atoms with E-state index < -0.39 is 0 Å². The zero-order valence-electron chi connectivity index (χ0n) is 11.3. The Morgan fingerprint density at radius 2 is 2.26 bits per heavy atom. The number of aromatic amines is 1. The Labute approximate surface area is 113 Å². The van der Waals surface area contributed by atoms with Gasteiger partial charge in [0.1, 0.15) is 0 Å². The number of H-pyrrole nitrogens is 1. The maximum absolute atomic E-state index is 12.3. The van der Waals surface area contributed by atoms with E-state index in [1.807, 2.05) is 0 Å². The van der Waals surface area contributed by atoms with Gasteiger partial charge in [0.2, 0.25) is 0 Å². The van der Waals surface area contributed by atoms with Gasteiger partial charge in [-0.05, 0) is 38.5 Å². The third-order valence-corrected chi connectivity index (χ3v) is 4.19. The summed E-state index contributed by atoms with van der Waals surface area (Å²) >= 11 is 0. The second-order valence-electron chi connectivity index (χ2n) is 5.67. The van der Waals surface area contributed by atoms with Crippen molar-refractivity contribution in [2.24, 2.45) is 0 Å². The fourth-order valence-corrected chi connectivity index (χ4v) is 2.91. The molecule has 2 atom stereocenters. The van der Waals surface area contributed by atoms with Crippen molar-refractivity contribution in [2.75, 3.05) is 7.11 Å². The highest BCUT2D eigenvalue weighted by Crippen LogP contribution is 2.40. The van der Waals surface area contributed by atoms with Crippen LogP contribution in [0.2, 0.25) is 0 Å². The van der Waals surface area contributed by atoms with Gasteiger partial charge in [-0.15, -0.1) is 0 Å². The third-order valence-electron chi connectivity index (χ3n) is 4.19. The van der Waals surface area contributed by atoms with Gasteiger partial charge in [0.15, 0.2) is 0 Å². The normalized spacial score (nSPS) is 27.2. The molecular formula is C14H21N3O2. The molecule has 2 aliphatic carbocycles. The van der Waals surface area contributed by atoms with E-state index in [2.05, 4.69) is 15.5 Å². The Bertz CT molecular complexity index is 453. The molecule has 0 saturated heterocycles. The average molecular weight is 263 g/mol. The number of ether oxygens (including phenoxy) is 1. The summed E-state index contributed by atoms with van der Waals surface area (Å²) in [7, 11) is 1.75. The summed E-state index contributed by atoms with van der Waals surface area (Å²) in [4.78, 5) is 12.3. The minimum atomic E-state index is 0.0115. The summed E-state index contributed by atoms with van der Waals surface area (Å²) in [6, 6.07) is 0.230. The number of nitrogens with zero attached hydrogens (tertiary/aromatic N) is 1. The van der Waals surface area contributed by atoms with Crippen molar-refractivity contribution in [3.8, 4) is 0 Å². The molecule has 2 fully saturated rings. The third kappa shape index (κ3) is 2.81. The quantitative estimate of drug-likeness (QED) is 0.872. The summed E-state index contributed by atoms with van der Waals surface area (Å²) in [5.41, 5.74) is 1.73. The molecule has 1 aromatic heterocycles. The van der Waals surface area contributed by atoms with E-state index >= 15 is 0 Å². The maximum Gasteiger partial charge on any atom is 0.254 e. The van der Waals surface area contributed by atoms with Gasteiger partial charge in [-0.2, -0.15) is 5.10 Å². The zero-order chi connectivity index (χ0) is 13.2. The first-order chi connectivity index (χ1) is 9.28. The van der Waals surface area contributed by atoms with Gasteiger partial charge in [-0.3, -0.25) is 9.89 Å². The Balaban J connectivity index is 1.62. The van der Waals surface area contributed by atoms with Gasteiger partial charge in [-0.1, -0.05) is 0 Å². The van der Waals surface area contributed by atoms with E-state index in [1.165, 1.54) is 0 Å². The lowest BCUT2D eigenvalue weighted by atomic mass is 9.92. The van der Waals surface area contributed by atoms with Crippen LogP contribution in [0.4, 0.5) is 0 Å². The molecule has 0 radical (unpaired) electrons. The van der Waals surface area contributed by atoms with Crippen molar-refractivity contribution < 1.29 is 9.53 Å². The second kappa shape index (κ2) is 5.33. The number of nitrogens with one attached hydrogen (secondary N) is 2. The predicted molar refractivity (Wildman–Crippen MR) is 71.1 cm³/mol. The first kappa shape index (κ1) is 12.7. The van der Waals surface area contributed by atoms with Gasteiger partial charge in [-0.25, -0.2) is 0 Å². The molecule has 0 bridgehead atoms. The van der Waals surface area contributed by atoms with Crippen LogP contribution in [0, 0.1) is 0 Å². The maximum atomic E-state index is 12.3. The molecule has 1 heterocycles. The molecule has 2 saturated carbocycles. The molecule has 5 nitrogen and oxygen atoms in total. The first-order valence-corrected chi connectivity index (χ1v) is 7.15. The van der Waals surface area contributed by atoms with Crippen LogP contribution in [0.5, 0.6) is 0 Å². The standard InChI is InChI=1S/C14H21N3O2/c1-19-11-4-2-3-10(7-11)16-14(18)12-8-15-17-13(12)9-5-6-9/h8-11H,2-7H2,1H3,(H,15,17)(H,16,18)/t10-,11+/m0/s1. The number of hydrogen-bond acceptors (Lipinski definition) is 3. The number of rotatable bonds is 4. The molecule has 0 aliphatic heterocycles. The minimum Gasteiger partial charge on any atom is -0.381 e. The Kier molecular flexibility index (Phi) is 3.55. The van der Waals surface area contributed by atoms with Crippen LogP contribution in [0.25, 0.3) is 0 Å². The molecule has 2 N–H and O–H groups in total. The van der Waals surface area contributed by atoms with Gasteiger partial charge in [0.25, 0.3) is 5.91 Å². The lowest BCUT2D eigenvalue weighted by Gasteiger charge is -2.28. The Morgan fingerprint density at radius 1 is 1.42 bits per heavy atom. The zero-order valence-corrected chi connectivity index (χ0v) is 11.3. The smallest absolute Gasteiger partial charge is 0.254 e. The highest BCUT2D eigenvalue weighted by Gasteiger charge is 2.31. The lowest BCUT2D eigenvalue weighted by molar-refractivity contribution is 0.0562. The summed E-state index contributed by atoms with van der Waals surface area (Å²) in [6.07, 6.45) is 8.44. The Morgan fingerprint density at radius 3 is 3.00 bits per heavy atom. The highest BCUT2D eigenvalue weighted by atomic mass is 16.5. The first-order valence-electron chi connectivity index (χ1n) is 7.15. The molecule has 1 aromatic rings. The van der Waals surface area contributed by atoms with Crippen LogP contribution in [0.15, 0.2) is 6.20 Å². The number of carbonyl (C=O) groups excluding carboxylic acids is 1. The van der Waals surface area contributed by atoms with Crippen LogP contribution in [0.3, 0.4) is 0 Å². The predicted octanol–water partition coefficient (Wildman–Crippen LogP) is 1.97. The molecule has 1 amide bonds. The molecule has 0 spiro atoms. The van der Waals surface area contributed by atoms with E-state index in [1.54, 1.807) is 13.3 Å².